The zero-order chi connectivity index (χ0) is 32.0. The third kappa shape index (κ3) is 9.54. The molecule has 0 aliphatic carbocycles. The maximum atomic E-state index is 13.1. The van der Waals surface area contributed by atoms with E-state index in [2.05, 4.69) is 43.8 Å². The second-order valence-corrected chi connectivity index (χ2v) is 17.6. The third-order valence-electron chi connectivity index (χ3n) is 7.03. The number of hydrogen-bond donors (Lipinski definition) is 0. The van der Waals surface area contributed by atoms with E-state index >= 15 is 0 Å². The Bertz CT molecular complexity index is 1430. The molecule has 0 radical (unpaired) electrons. The van der Waals surface area contributed by atoms with Gasteiger partial charge in [-0.15, -0.1) is 0 Å². The van der Waals surface area contributed by atoms with Crippen molar-refractivity contribution in [1.82, 2.24) is 9.97 Å². The fourth-order valence-electron chi connectivity index (χ4n) is 3.90. The maximum Gasteiger partial charge on any atom is 0.348 e. The fraction of sp³-hybridized carbons (Fsp3) is 0.455. The fourth-order valence-corrected chi connectivity index (χ4v) is 4.92. The molecule has 0 aliphatic heterocycles. The summed E-state index contributed by atoms with van der Waals surface area (Å²) in [6.07, 6.45) is 0.539. The van der Waals surface area contributed by atoms with Crippen LogP contribution in [0.15, 0.2) is 54.7 Å². The lowest BCUT2D eigenvalue weighted by Gasteiger charge is -2.36. The van der Waals surface area contributed by atoms with Crippen molar-refractivity contribution >= 4 is 20.3 Å². The van der Waals surface area contributed by atoms with Crippen LogP contribution >= 0.6 is 0 Å². The summed E-state index contributed by atoms with van der Waals surface area (Å²) in [5.41, 5.74) is 1.29. The summed E-state index contributed by atoms with van der Waals surface area (Å²) >= 11 is 0. The summed E-state index contributed by atoms with van der Waals surface area (Å²) in [5.74, 6) is 1.11. The average Bonchev–Trinajstić information content (AvgIpc) is 2.90. The SMILES string of the molecule is COc1ccccc1-c1nccc(COc2ccc(O[Si](C)(C)C(C)(C)C)cc2CC(OC(C)=O)C(=O)OC(C)(C)C)n1. The first-order valence-corrected chi connectivity index (χ1v) is 17.2. The van der Waals surface area contributed by atoms with E-state index in [-0.39, 0.29) is 18.1 Å². The van der Waals surface area contributed by atoms with Crippen molar-refractivity contribution < 1.29 is 33.0 Å². The van der Waals surface area contributed by atoms with Crippen LogP contribution in [0.3, 0.4) is 0 Å². The van der Waals surface area contributed by atoms with Crippen LogP contribution in [0.5, 0.6) is 17.2 Å². The summed E-state index contributed by atoms with van der Waals surface area (Å²) < 4.78 is 29.3. The molecule has 0 fully saturated rings. The number of methoxy groups -OCH3 is 1. The van der Waals surface area contributed by atoms with Crippen molar-refractivity contribution in [1.29, 1.82) is 0 Å². The molecule has 2 aromatic carbocycles. The Morgan fingerprint density at radius 3 is 2.28 bits per heavy atom. The minimum atomic E-state index is -2.17. The van der Waals surface area contributed by atoms with Crippen molar-refractivity contribution in [2.75, 3.05) is 7.11 Å². The lowest BCUT2D eigenvalue weighted by atomic mass is 10.1. The summed E-state index contributed by atoms with van der Waals surface area (Å²) in [6, 6.07) is 14.8. The van der Waals surface area contributed by atoms with Gasteiger partial charge in [0.15, 0.2) is 5.82 Å². The number of esters is 2. The van der Waals surface area contributed by atoms with Crippen LogP contribution in [0.25, 0.3) is 11.4 Å². The van der Waals surface area contributed by atoms with Gasteiger partial charge in [0.2, 0.25) is 14.4 Å². The van der Waals surface area contributed by atoms with Gasteiger partial charge in [-0.3, -0.25) is 4.79 Å². The van der Waals surface area contributed by atoms with Gasteiger partial charge in [0.05, 0.1) is 18.4 Å². The smallest absolute Gasteiger partial charge is 0.348 e. The molecule has 0 bridgehead atoms. The topological polar surface area (TPSA) is 106 Å². The number of carbonyl (C=O) groups is 2. The number of ether oxygens (including phenoxy) is 4. The van der Waals surface area contributed by atoms with Gasteiger partial charge in [0.1, 0.15) is 29.5 Å². The Morgan fingerprint density at radius 1 is 0.953 bits per heavy atom. The van der Waals surface area contributed by atoms with Crippen LogP contribution in [0, 0.1) is 0 Å². The molecule has 0 amide bonds. The molecule has 3 rings (SSSR count). The Labute approximate surface area is 256 Å². The largest absolute Gasteiger partial charge is 0.543 e. The van der Waals surface area contributed by atoms with E-state index in [0.717, 1.165) is 5.56 Å². The molecule has 1 unspecified atom stereocenters. The van der Waals surface area contributed by atoms with Gasteiger partial charge >= 0.3 is 11.9 Å². The Hall–Kier alpha value is -3.92. The molecule has 1 aromatic heterocycles. The minimum Gasteiger partial charge on any atom is -0.543 e. The number of aromatic nitrogens is 2. The molecule has 1 heterocycles. The van der Waals surface area contributed by atoms with Gasteiger partial charge in [-0.05, 0) is 75.3 Å². The molecule has 10 heteroatoms. The summed E-state index contributed by atoms with van der Waals surface area (Å²) in [4.78, 5) is 34.1. The number of nitrogens with zero attached hydrogens (tertiary/aromatic N) is 2. The Kier molecular flexibility index (Phi) is 10.6. The van der Waals surface area contributed by atoms with Crippen molar-refractivity contribution in [2.24, 2.45) is 0 Å². The summed E-state index contributed by atoms with van der Waals surface area (Å²) in [6.45, 7) is 17.5. The molecule has 3 aromatic rings. The number of rotatable bonds is 11. The van der Waals surface area contributed by atoms with E-state index in [0.29, 0.717) is 34.3 Å². The number of hydrogen-bond acceptors (Lipinski definition) is 9. The zero-order valence-electron chi connectivity index (χ0n) is 26.9. The van der Waals surface area contributed by atoms with Crippen molar-refractivity contribution in [2.45, 2.75) is 91.3 Å². The lowest BCUT2D eigenvalue weighted by molar-refractivity contribution is -0.174. The molecule has 232 valence electrons. The highest BCUT2D eigenvalue weighted by atomic mass is 28.4. The molecule has 0 N–H and O–H groups in total. The lowest BCUT2D eigenvalue weighted by Crippen LogP contribution is -2.43. The van der Waals surface area contributed by atoms with Crippen molar-refractivity contribution in [3.63, 3.8) is 0 Å². The van der Waals surface area contributed by atoms with Crippen LogP contribution in [0.1, 0.15) is 59.7 Å². The van der Waals surface area contributed by atoms with Gasteiger partial charge in [-0.1, -0.05) is 32.9 Å². The Balaban J connectivity index is 1.95. The van der Waals surface area contributed by atoms with Gasteiger partial charge in [0.25, 0.3) is 0 Å². The predicted molar refractivity (Wildman–Crippen MR) is 168 cm³/mol. The maximum absolute atomic E-state index is 13.1. The second kappa shape index (κ2) is 13.6. The van der Waals surface area contributed by atoms with Crippen molar-refractivity contribution in [3.05, 3.63) is 66.0 Å². The van der Waals surface area contributed by atoms with Gasteiger partial charge in [-0.25, -0.2) is 14.8 Å². The van der Waals surface area contributed by atoms with E-state index in [4.69, 9.17) is 23.4 Å². The monoisotopic (exact) mass is 608 g/mol. The second-order valence-electron chi connectivity index (χ2n) is 12.8. The molecule has 0 saturated carbocycles. The number of carbonyl (C=O) groups excluding carboxylic acids is 2. The summed E-state index contributed by atoms with van der Waals surface area (Å²) in [5, 5.41) is -0.0225. The molecule has 9 nitrogen and oxygen atoms in total. The first kappa shape index (κ1) is 33.6. The standard InChI is InChI=1S/C33H44N2O7Si/c1-22(36)40-29(31(37)41-32(2,3)4)20-23-19-25(42-43(9,10)33(5,6)7)15-16-27(23)39-21-24-17-18-34-30(35-24)26-13-11-12-14-28(26)38-8/h11-19,29H,20-21H2,1-10H3. The van der Waals surface area contributed by atoms with E-state index in [1.54, 1.807) is 46.2 Å². The molecular formula is C33H44N2O7Si. The highest BCUT2D eigenvalue weighted by Gasteiger charge is 2.39. The first-order valence-electron chi connectivity index (χ1n) is 14.3. The highest BCUT2D eigenvalue weighted by molar-refractivity contribution is 6.74. The summed E-state index contributed by atoms with van der Waals surface area (Å²) in [7, 11) is -0.565. The van der Waals surface area contributed by atoms with Crippen LogP contribution < -0.4 is 13.9 Å². The van der Waals surface area contributed by atoms with Crippen LogP contribution in [0.2, 0.25) is 18.1 Å². The van der Waals surface area contributed by atoms with E-state index in [9.17, 15) is 9.59 Å². The predicted octanol–water partition coefficient (Wildman–Crippen LogP) is 6.93. The third-order valence-corrected chi connectivity index (χ3v) is 11.4. The van der Waals surface area contributed by atoms with E-state index in [1.807, 2.05) is 36.4 Å². The highest BCUT2D eigenvalue weighted by Crippen LogP contribution is 2.38. The van der Waals surface area contributed by atoms with Crippen molar-refractivity contribution in [3.8, 4) is 28.6 Å². The normalized spacial score (nSPS) is 12.7. The van der Waals surface area contributed by atoms with Gasteiger partial charge in [0, 0.05) is 25.1 Å². The van der Waals surface area contributed by atoms with Crippen LogP contribution in [-0.2, 0) is 32.1 Å². The average molecular weight is 609 g/mol. The van der Waals surface area contributed by atoms with E-state index in [1.165, 1.54) is 6.92 Å². The van der Waals surface area contributed by atoms with Crippen LogP contribution in [-0.4, -0.2) is 49.0 Å². The van der Waals surface area contributed by atoms with Gasteiger partial charge < -0.3 is 23.4 Å². The van der Waals surface area contributed by atoms with E-state index < -0.39 is 32.0 Å². The van der Waals surface area contributed by atoms with Gasteiger partial charge in [-0.2, -0.15) is 0 Å². The molecule has 0 spiro atoms. The quantitative estimate of drug-likeness (QED) is 0.169. The molecule has 1 atom stereocenters. The molecule has 43 heavy (non-hydrogen) atoms. The Morgan fingerprint density at radius 2 is 1.65 bits per heavy atom. The van der Waals surface area contributed by atoms with Crippen LogP contribution in [0.4, 0.5) is 0 Å². The molecule has 0 aliphatic rings. The first-order chi connectivity index (χ1) is 20.0. The number of benzene rings is 2. The zero-order valence-corrected chi connectivity index (χ0v) is 27.9. The molecule has 0 saturated heterocycles. The molecular weight excluding hydrogens is 564 g/mol. The number of para-hydroxylation sites is 1. The minimum absolute atomic E-state index is 0.0225.